The zero-order valence-corrected chi connectivity index (χ0v) is 18.3. The predicted octanol–water partition coefficient (Wildman–Crippen LogP) is 5.03. The lowest BCUT2D eigenvalue weighted by Gasteiger charge is -2.25. The lowest BCUT2D eigenvalue weighted by atomic mass is 10.2. The maximum atomic E-state index is 12.7. The van der Waals surface area contributed by atoms with Crippen molar-refractivity contribution in [1.82, 2.24) is 9.29 Å². The number of piperidine rings is 1. The fourth-order valence-electron chi connectivity index (χ4n) is 3.21. The van der Waals surface area contributed by atoms with E-state index in [9.17, 15) is 13.2 Å². The van der Waals surface area contributed by atoms with Crippen LogP contribution in [0.25, 0.3) is 10.2 Å². The summed E-state index contributed by atoms with van der Waals surface area (Å²) in [6.07, 6.45) is 2.79. The first-order valence-corrected chi connectivity index (χ1v) is 12.0. The number of thiazole rings is 1. The number of nitrogens with one attached hydrogen (secondary N) is 1. The lowest BCUT2D eigenvalue weighted by Crippen LogP contribution is -2.35. The molecule has 3 aromatic rings. The number of carbonyl (C=O) groups is 1. The minimum atomic E-state index is -3.53. The minimum absolute atomic E-state index is 0.192. The third-order valence-electron chi connectivity index (χ3n) is 4.70. The SMILES string of the molecule is O=C(Nc1nc2c(Cl)cc(Cl)cc2s1)c1ccc(S(=O)(=O)N2CCCCC2)cc1. The van der Waals surface area contributed by atoms with E-state index in [2.05, 4.69) is 10.3 Å². The highest BCUT2D eigenvalue weighted by Crippen LogP contribution is 2.34. The summed E-state index contributed by atoms with van der Waals surface area (Å²) in [5.41, 5.74) is 0.908. The normalized spacial score (nSPS) is 15.5. The highest BCUT2D eigenvalue weighted by molar-refractivity contribution is 7.89. The summed E-state index contributed by atoms with van der Waals surface area (Å²) in [6.45, 7) is 1.07. The Morgan fingerprint density at radius 2 is 1.76 bits per heavy atom. The zero-order chi connectivity index (χ0) is 20.6. The minimum Gasteiger partial charge on any atom is -0.298 e. The van der Waals surface area contributed by atoms with Gasteiger partial charge >= 0.3 is 0 Å². The van der Waals surface area contributed by atoms with Crippen LogP contribution in [0.15, 0.2) is 41.3 Å². The topological polar surface area (TPSA) is 79.4 Å². The van der Waals surface area contributed by atoms with Crippen molar-refractivity contribution in [1.29, 1.82) is 0 Å². The highest BCUT2D eigenvalue weighted by atomic mass is 35.5. The van der Waals surface area contributed by atoms with E-state index in [0.29, 0.717) is 39.3 Å². The molecule has 6 nitrogen and oxygen atoms in total. The number of aromatic nitrogens is 1. The Labute approximate surface area is 182 Å². The number of benzene rings is 2. The van der Waals surface area contributed by atoms with E-state index >= 15 is 0 Å². The van der Waals surface area contributed by atoms with Gasteiger partial charge in [0.05, 0.1) is 14.6 Å². The van der Waals surface area contributed by atoms with Gasteiger partial charge in [0, 0.05) is 23.7 Å². The number of nitrogens with zero attached hydrogens (tertiary/aromatic N) is 2. The smallest absolute Gasteiger partial charge is 0.257 e. The van der Waals surface area contributed by atoms with Gasteiger partial charge in [-0.15, -0.1) is 0 Å². The Kier molecular flexibility index (Phi) is 5.81. The van der Waals surface area contributed by atoms with Crippen molar-refractivity contribution >= 4 is 65.8 Å². The van der Waals surface area contributed by atoms with Crippen LogP contribution < -0.4 is 5.32 Å². The molecule has 1 fully saturated rings. The average Bonchev–Trinajstić information content (AvgIpc) is 3.11. The number of halogens is 2. The zero-order valence-electron chi connectivity index (χ0n) is 15.2. The summed E-state index contributed by atoms with van der Waals surface area (Å²) < 4.78 is 27.7. The monoisotopic (exact) mass is 469 g/mol. The third kappa shape index (κ3) is 4.27. The molecule has 1 N–H and O–H groups in total. The molecule has 29 heavy (non-hydrogen) atoms. The van der Waals surface area contributed by atoms with Crippen molar-refractivity contribution in [2.45, 2.75) is 24.2 Å². The molecule has 0 radical (unpaired) electrons. The second-order valence-corrected chi connectivity index (χ2v) is 10.5. The van der Waals surface area contributed by atoms with Gasteiger partial charge in [-0.1, -0.05) is 41.0 Å². The summed E-state index contributed by atoms with van der Waals surface area (Å²) in [5, 5.41) is 4.02. The van der Waals surface area contributed by atoms with E-state index < -0.39 is 10.0 Å². The fraction of sp³-hybridized carbons (Fsp3) is 0.263. The maximum Gasteiger partial charge on any atom is 0.257 e. The molecule has 4 rings (SSSR count). The average molecular weight is 470 g/mol. The molecule has 1 aliphatic rings. The quantitative estimate of drug-likeness (QED) is 0.580. The van der Waals surface area contributed by atoms with Gasteiger partial charge in [0.25, 0.3) is 5.91 Å². The molecule has 1 amide bonds. The number of fused-ring (bicyclic) bond motifs is 1. The van der Waals surface area contributed by atoms with Gasteiger partial charge in [-0.25, -0.2) is 13.4 Å². The lowest BCUT2D eigenvalue weighted by molar-refractivity contribution is 0.102. The second-order valence-electron chi connectivity index (χ2n) is 6.70. The Morgan fingerprint density at radius 3 is 2.45 bits per heavy atom. The summed E-state index contributed by atoms with van der Waals surface area (Å²) in [7, 11) is -3.53. The summed E-state index contributed by atoms with van der Waals surface area (Å²) in [6, 6.07) is 9.27. The van der Waals surface area contributed by atoms with Crippen LogP contribution in [0.2, 0.25) is 10.0 Å². The van der Waals surface area contributed by atoms with E-state index in [1.165, 1.54) is 39.9 Å². The van der Waals surface area contributed by atoms with E-state index in [1.54, 1.807) is 12.1 Å². The van der Waals surface area contributed by atoms with Crippen molar-refractivity contribution in [3.05, 3.63) is 52.0 Å². The van der Waals surface area contributed by atoms with Crippen molar-refractivity contribution in [2.24, 2.45) is 0 Å². The van der Waals surface area contributed by atoms with Gasteiger partial charge in [0.1, 0.15) is 5.52 Å². The molecule has 1 aromatic heterocycles. The van der Waals surface area contributed by atoms with Crippen molar-refractivity contribution in [3.63, 3.8) is 0 Å². The molecular weight excluding hydrogens is 453 g/mol. The molecule has 0 bridgehead atoms. The number of sulfonamides is 1. The van der Waals surface area contributed by atoms with E-state index in [0.717, 1.165) is 24.0 Å². The van der Waals surface area contributed by atoms with E-state index in [-0.39, 0.29) is 10.8 Å². The van der Waals surface area contributed by atoms with E-state index in [1.807, 2.05) is 0 Å². The molecule has 10 heteroatoms. The highest BCUT2D eigenvalue weighted by Gasteiger charge is 2.26. The number of rotatable bonds is 4. The fourth-order valence-corrected chi connectivity index (χ4v) is 6.31. The standard InChI is InChI=1S/C19H17Cl2N3O3S2/c20-13-10-15(21)17-16(11-13)28-19(22-17)23-18(25)12-4-6-14(7-5-12)29(26,27)24-8-2-1-3-9-24/h4-7,10-11H,1-3,8-9H2,(H,22,23,25). The largest absolute Gasteiger partial charge is 0.298 e. The molecule has 2 aromatic carbocycles. The van der Waals surface area contributed by atoms with Crippen molar-refractivity contribution in [2.75, 3.05) is 18.4 Å². The molecule has 0 aliphatic carbocycles. The van der Waals surface area contributed by atoms with Gasteiger partial charge in [0.15, 0.2) is 5.13 Å². The van der Waals surface area contributed by atoms with Crippen LogP contribution in [0.5, 0.6) is 0 Å². The predicted molar refractivity (Wildman–Crippen MR) is 117 cm³/mol. The summed E-state index contributed by atoms with van der Waals surface area (Å²) >= 11 is 13.4. The maximum absolute atomic E-state index is 12.7. The van der Waals surface area contributed by atoms with Gasteiger partial charge in [-0.2, -0.15) is 4.31 Å². The van der Waals surface area contributed by atoms with Crippen LogP contribution in [0.1, 0.15) is 29.6 Å². The molecule has 152 valence electrons. The molecule has 1 saturated heterocycles. The molecular formula is C19H17Cl2N3O3S2. The van der Waals surface area contributed by atoms with Crippen LogP contribution in [-0.4, -0.2) is 36.7 Å². The number of anilines is 1. The van der Waals surface area contributed by atoms with Gasteiger partial charge in [0.2, 0.25) is 10.0 Å². The number of carbonyl (C=O) groups excluding carboxylic acids is 1. The number of amides is 1. The third-order valence-corrected chi connectivity index (χ3v) is 8.04. The Morgan fingerprint density at radius 1 is 1.07 bits per heavy atom. The Balaban J connectivity index is 1.52. The van der Waals surface area contributed by atoms with Crippen molar-refractivity contribution < 1.29 is 13.2 Å². The van der Waals surface area contributed by atoms with Crippen LogP contribution in [0, 0.1) is 0 Å². The molecule has 0 atom stereocenters. The van der Waals surface area contributed by atoms with E-state index in [4.69, 9.17) is 23.2 Å². The van der Waals surface area contributed by atoms with Crippen LogP contribution in [0.4, 0.5) is 5.13 Å². The Bertz CT molecular complexity index is 1170. The number of hydrogen-bond acceptors (Lipinski definition) is 5. The van der Waals surface area contributed by atoms with Gasteiger partial charge in [-0.05, 0) is 49.2 Å². The van der Waals surface area contributed by atoms with Crippen molar-refractivity contribution in [3.8, 4) is 0 Å². The molecule has 0 spiro atoms. The molecule has 0 saturated carbocycles. The van der Waals surface area contributed by atoms with Crippen LogP contribution >= 0.6 is 34.5 Å². The van der Waals surface area contributed by atoms with Gasteiger partial charge < -0.3 is 0 Å². The molecule has 1 aliphatic heterocycles. The van der Waals surface area contributed by atoms with Gasteiger partial charge in [-0.3, -0.25) is 10.1 Å². The second kappa shape index (κ2) is 8.20. The summed E-state index contributed by atoms with van der Waals surface area (Å²) in [4.78, 5) is 17.1. The molecule has 0 unspecified atom stereocenters. The number of hydrogen-bond donors (Lipinski definition) is 1. The first-order chi connectivity index (χ1) is 13.8. The summed E-state index contributed by atoms with van der Waals surface area (Å²) in [5.74, 6) is -0.381. The first kappa shape index (κ1) is 20.6. The van der Waals surface area contributed by atoms with Crippen LogP contribution in [-0.2, 0) is 10.0 Å². The first-order valence-electron chi connectivity index (χ1n) is 9.02. The molecule has 2 heterocycles. The Hall–Kier alpha value is -1.71. The van der Waals surface area contributed by atoms with Crippen LogP contribution in [0.3, 0.4) is 0 Å².